The lowest BCUT2D eigenvalue weighted by molar-refractivity contribution is -0.0885. The molecule has 0 radical (unpaired) electrons. The molecule has 4 nitrogen and oxygen atoms in total. The highest BCUT2D eigenvalue weighted by Gasteiger charge is 2.49. The van der Waals surface area contributed by atoms with Crippen molar-refractivity contribution in [3.63, 3.8) is 0 Å². The number of piperidine rings is 2. The van der Waals surface area contributed by atoms with Crippen LogP contribution in [0.3, 0.4) is 0 Å². The minimum absolute atomic E-state index is 0.0264. The summed E-state index contributed by atoms with van der Waals surface area (Å²) in [5, 5.41) is 14.4. The van der Waals surface area contributed by atoms with Gasteiger partial charge in [0.25, 0.3) is 0 Å². The fourth-order valence-corrected chi connectivity index (χ4v) is 7.60. The summed E-state index contributed by atoms with van der Waals surface area (Å²) < 4.78 is 6.09. The van der Waals surface area contributed by atoms with Gasteiger partial charge in [0, 0.05) is 30.8 Å². The van der Waals surface area contributed by atoms with Crippen LogP contribution in [0.1, 0.15) is 60.3 Å². The molecule has 3 aliphatic rings. The van der Waals surface area contributed by atoms with Crippen LogP contribution in [0.15, 0.2) is 84.9 Å². The molecule has 2 aliphatic heterocycles. The van der Waals surface area contributed by atoms with E-state index in [1.165, 1.54) is 22.3 Å². The number of benzene rings is 4. The van der Waals surface area contributed by atoms with Crippen molar-refractivity contribution in [2.45, 2.75) is 62.6 Å². The number of fused-ring (bicyclic) bond motifs is 6. The van der Waals surface area contributed by atoms with E-state index in [0.717, 1.165) is 41.2 Å². The minimum atomic E-state index is -0.958. The Balaban J connectivity index is 1.14. The van der Waals surface area contributed by atoms with Gasteiger partial charge < -0.3 is 14.7 Å². The molecule has 0 spiro atoms. The number of rotatable bonds is 3. The lowest BCUT2D eigenvalue weighted by Gasteiger charge is -2.52. The molecule has 2 unspecified atom stereocenters. The highest BCUT2D eigenvalue weighted by molar-refractivity contribution is 5.87. The molecule has 0 aromatic heterocycles. The van der Waals surface area contributed by atoms with Gasteiger partial charge in [0.05, 0.1) is 5.60 Å². The SMILES string of the molecule is Cc1ccc2ccccc2c1C1(O)CC2CCCC(C1)N2C(=O)OCC1c2ccccc2-c2ccccc21. The molecular formula is C34H33NO3. The van der Waals surface area contributed by atoms with Crippen LogP contribution in [0.2, 0.25) is 0 Å². The molecule has 0 saturated carbocycles. The molecule has 192 valence electrons. The van der Waals surface area contributed by atoms with E-state index in [4.69, 9.17) is 4.74 Å². The molecule has 2 heterocycles. The number of aryl methyl sites for hydroxylation is 1. The van der Waals surface area contributed by atoms with E-state index in [9.17, 15) is 9.90 Å². The fraction of sp³-hybridized carbons (Fsp3) is 0.324. The van der Waals surface area contributed by atoms with E-state index in [-0.39, 0.29) is 24.1 Å². The average molecular weight is 504 g/mol. The van der Waals surface area contributed by atoms with Crippen LogP contribution in [-0.4, -0.2) is 34.8 Å². The maximum atomic E-state index is 13.6. The molecule has 2 atom stereocenters. The summed E-state index contributed by atoms with van der Waals surface area (Å²) in [6.45, 7) is 2.42. The second-order valence-electron chi connectivity index (χ2n) is 11.4. The number of carbonyl (C=O) groups is 1. The lowest BCUT2D eigenvalue weighted by Crippen LogP contribution is -2.59. The van der Waals surface area contributed by atoms with E-state index in [2.05, 4.69) is 79.7 Å². The summed E-state index contributed by atoms with van der Waals surface area (Å²) in [5.74, 6) is 0.0475. The highest BCUT2D eigenvalue weighted by Crippen LogP contribution is 2.48. The average Bonchev–Trinajstić information content (AvgIpc) is 3.24. The Hall–Kier alpha value is -3.63. The first-order chi connectivity index (χ1) is 18.5. The summed E-state index contributed by atoms with van der Waals surface area (Å²) >= 11 is 0. The van der Waals surface area contributed by atoms with Crippen LogP contribution in [0, 0.1) is 6.92 Å². The molecular weight excluding hydrogens is 470 g/mol. The lowest BCUT2D eigenvalue weighted by atomic mass is 9.70. The number of carbonyl (C=O) groups excluding carboxylic acids is 1. The van der Waals surface area contributed by atoms with Crippen molar-refractivity contribution in [1.82, 2.24) is 4.90 Å². The van der Waals surface area contributed by atoms with Gasteiger partial charge in [-0.15, -0.1) is 0 Å². The zero-order chi connectivity index (χ0) is 25.9. The van der Waals surface area contributed by atoms with Crippen LogP contribution >= 0.6 is 0 Å². The van der Waals surface area contributed by atoms with Crippen molar-refractivity contribution >= 4 is 16.9 Å². The van der Waals surface area contributed by atoms with Crippen LogP contribution in [0.25, 0.3) is 21.9 Å². The van der Waals surface area contributed by atoms with Crippen molar-refractivity contribution in [3.05, 3.63) is 107 Å². The topological polar surface area (TPSA) is 49.8 Å². The largest absolute Gasteiger partial charge is 0.448 e. The third-order valence-electron chi connectivity index (χ3n) is 9.16. The zero-order valence-electron chi connectivity index (χ0n) is 21.8. The summed E-state index contributed by atoms with van der Waals surface area (Å²) in [7, 11) is 0. The van der Waals surface area contributed by atoms with Gasteiger partial charge in [-0.1, -0.05) is 84.9 Å². The van der Waals surface area contributed by atoms with E-state index >= 15 is 0 Å². The Morgan fingerprint density at radius 2 is 1.47 bits per heavy atom. The summed E-state index contributed by atoms with van der Waals surface area (Å²) in [5.41, 5.74) is 6.09. The third-order valence-corrected chi connectivity index (χ3v) is 9.16. The Labute approximate surface area is 223 Å². The maximum absolute atomic E-state index is 13.6. The molecule has 7 rings (SSSR count). The van der Waals surface area contributed by atoms with E-state index in [1.807, 2.05) is 17.0 Å². The van der Waals surface area contributed by atoms with Gasteiger partial charge in [0.15, 0.2) is 0 Å². The number of ether oxygens (including phenoxy) is 1. The van der Waals surface area contributed by atoms with E-state index < -0.39 is 5.60 Å². The molecule has 1 aliphatic carbocycles. The predicted molar refractivity (Wildman–Crippen MR) is 150 cm³/mol. The third kappa shape index (κ3) is 3.65. The first-order valence-corrected chi connectivity index (χ1v) is 13.9. The molecule has 4 aromatic carbocycles. The van der Waals surface area contributed by atoms with Crippen molar-refractivity contribution in [3.8, 4) is 11.1 Å². The highest BCUT2D eigenvalue weighted by atomic mass is 16.6. The van der Waals surface area contributed by atoms with Gasteiger partial charge in [0.1, 0.15) is 6.61 Å². The summed E-state index contributed by atoms with van der Waals surface area (Å²) in [6, 6.07) is 29.4. The van der Waals surface area contributed by atoms with Crippen LogP contribution in [-0.2, 0) is 10.3 Å². The summed E-state index contributed by atoms with van der Waals surface area (Å²) in [4.78, 5) is 15.6. The first-order valence-electron chi connectivity index (χ1n) is 13.9. The predicted octanol–water partition coefficient (Wildman–Crippen LogP) is 7.30. The van der Waals surface area contributed by atoms with Gasteiger partial charge in [-0.2, -0.15) is 0 Å². The molecule has 4 aromatic rings. The van der Waals surface area contributed by atoms with Gasteiger partial charge in [0.2, 0.25) is 0 Å². The van der Waals surface area contributed by atoms with Crippen molar-refractivity contribution in [2.24, 2.45) is 0 Å². The van der Waals surface area contributed by atoms with Gasteiger partial charge in [-0.3, -0.25) is 0 Å². The summed E-state index contributed by atoms with van der Waals surface area (Å²) in [6.07, 6.45) is 3.72. The Bertz CT molecular complexity index is 1480. The molecule has 38 heavy (non-hydrogen) atoms. The monoisotopic (exact) mass is 503 g/mol. The second-order valence-corrected chi connectivity index (χ2v) is 11.4. The van der Waals surface area contributed by atoms with Gasteiger partial charge >= 0.3 is 6.09 Å². The van der Waals surface area contributed by atoms with Crippen LogP contribution in [0.4, 0.5) is 4.79 Å². The molecule has 2 saturated heterocycles. The molecule has 2 bridgehead atoms. The molecule has 1 amide bonds. The molecule has 4 heteroatoms. The van der Waals surface area contributed by atoms with Crippen LogP contribution in [0.5, 0.6) is 0 Å². The zero-order valence-corrected chi connectivity index (χ0v) is 21.8. The first kappa shape index (κ1) is 23.5. The van der Waals surface area contributed by atoms with Crippen LogP contribution < -0.4 is 0 Å². The van der Waals surface area contributed by atoms with Gasteiger partial charge in [-0.05, 0) is 70.3 Å². The molecule has 1 N–H and O–H groups in total. The van der Waals surface area contributed by atoms with E-state index in [0.29, 0.717) is 19.4 Å². The second kappa shape index (κ2) is 8.99. The minimum Gasteiger partial charge on any atom is -0.448 e. The maximum Gasteiger partial charge on any atom is 0.410 e. The number of nitrogens with zero attached hydrogens (tertiary/aromatic N) is 1. The van der Waals surface area contributed by atoms with Gasteiger partial charge in [-0.25, -0.2) is 4.79 Å². The molecule has 2 fully saturated rings. The smallest absolute Gasteiger partial charge is 0.410 e. The number of aliphatic hydroxyl groups is 1. The van der Waals surface area contributed by atoms with Crippen molar-refractivity contribution in [1.29, 1.82) is 0 Å². The Kier molecular flexibility index (Phi) is 5.55. The normalized spacial score (nSPS) is 24.2. The van der Waals surface area contributed by atoms with Crippen molar-refractivity contribution in [2.75, 3.05) is 6.61 Å². The number of hydrogen-bond donors (Lipinski definition) is 1. The van der Waals surface area contributed by atoms with E-state index in [1.54, 1.807) is 0 Å². The Morgan fingerprint density at radius 1 is 0.868 bits per heavy atom. The number of amides is 1. The quantitative estimate of drug-likeness (QED) is 0.319. The number of hydrogen-bond acceptors (Lipinski definition) is 3. The van der Waals surface area contributed by atoms with Crippen molar-refractivity contribution < 1.29 is 14.6 Å². The standard InChI is InChI=1S/C34H33NO3/c1-22-17-18-23-9-2-3-12-26(23)32(22)34(37)19-24-10-8-11-25(20-34)35(24)33(36)38-21-31-29-15-6-4-13-27(29)28-14-5-7-16-30(28)31/h2-7,9,12-18,24-25,31,37H,8,10-11,19-21H2,1H3. The Morgan fingerprint density at radius 3 is 2.16 bits per heavy atom. The fourth-order valence-electron chi connectivity index (χ4n) is 7.60.